The fourth-order valence-electron chi connectivity index (χ4n) is 4.44. The van der Waals surface area contributed by atoms with Crippen molar-refractivity contribution in [2.45, 2.75) is 57.4 Å². The number of nitrogens with two attached hydrogens (primary N) is 1. The third-order valence-electron chi connectivity index (χ3n) is 5.84. The van der Waals surface area contributed by atoms with Gasteiger partial charge in [0.25, 0.3) is 0 Å². The summed E-state index contributed by atoms with van der Waals surface area (Å²) in [5.41, 5.74) is 8.90. The van der Waals surface area contributed by atoms with Crippen molar-refractivity contribution in [1.82, 2.24) is 9.55 Å². The van der Waals surface area contributed by atoms with Crippen LogP contribution in [0.5, 0.6) is 0 Å². The molecular formula is C21H26N4O2. The number of amides is 1. The molecule has 4 rings (SSSR count). The van der Waals surface area contributed by atoms with Crippen LogP contribution in [0.15, 0.2) is 24.4 Å². The lowest BCUT2D eigenvalue weighted by atomic mass is 9.87. The second kappa shape index (κ2) is 7.55. The number of aldehydes is 1. The Kier molecular flexibility index (Phi) is 4.97. The highest BCUT2D eigenvalue weighted by Crippen LogP contribution is 2.38. The number of nitrogens with one attached hydrogen (secondary N) is 1. The molecule has 0 spiro atoms. The van der Waals surface area contributed by atoms with Gasteiger partial charge in [-0.05, 0) is 30.5 Å². The lowest BCUT2D eigenvalue weighted by Gasteiger charge is -2.30. The Morgan fingerprint density at radius 1 is 1.30 bits per heavy atom. The summed E-state index contributed by atoms with van der Waals surface area (Å²) >= 11 is 0. The molecule has 6 nitrogen and oxygen atoms in total. The van der Waals surface area contributed by atoms with E-state index in [4.69, 9.17) is 10.7 Å². The van der Waals surface area contributed by atoms with Crippen LogP contribution in [0.2, 0.25) is 0 Å². The van der Waals surface area contributed by atoms with Crippen LogP contribution >= 0.6 is 0 Å². The maximum Gasteiger partial charge on any atom is 0.248 e. The number of nitrogens with zero attached hydrogens (tertiary/aromatic N) is 2. The smallest absolute Gasteiger partial charge is 0.248 e. The van der Waals surface area contributed by atoms with Crippen molar-refractivity contribution in [3.8, 4) is 5.69 Å². The first-order valence-electron chi connectivity index (χ1n) is 9.88. The number of anilines is 1. The first kappa shape index (κ1) is 17.8. The van der Waals surface area contributed by atoms with Gasteiger partial charge in [-0.3, -0.25) is 9.36 Å². The standard InChI is InChI=1S/C21H26N4O2/c22-21(27)15-8-9-18-17(12-15)24-16(7-4-10-26)19-13-23-20(25(18)19)11-14-5-2-1-3-6-14/h8-10,12-14,16,24H,1-7,11H2,(H2,22,27). The molecule has 1 aromatic carbocycles. The molecule has 1 amide bonds. The van der Waals surface area contributed by atoms with Gasteiger partial charge in [-0.2, -0.15) is 0 Å². The molecule has 142 valence electrons. The highest BCUT2D eigenvalue weighted by atomic mass is 16.1. The van der Waals surface area contributed by atoms with Crippen LogP contribution in [-0.4, -0.2) is 21.7 Å². The molecule has 0 saturated heterocycles. The number of primary amides is 1. The van der Waals surface area contributed by atoms with Gasteiger partial charge in [-0.1, -0.05) is 32.1 Å². The summed E-state index contributed by atoms with van der Waals surface area (Å²) in [6, 6.07) is 5.51. The number of hydrogen-bond acceptors (Lipinski definition) is 4. The van der Waals surface area contributed by atoms with Gasteiger partial charge < -0.3 is 15.8 Å². The summed E-state index contributed by atoms with van der Waals surface area (Å²) in [6.45, 7) is 0. The quantitative estimate of drug-likeness (QED) is 0.765. The maximum atomic E-state index is 11.6. The molecule has 6 heteroatoms. The molecule has 3 N–H and O–H groups in total. The molecule has 1 fully saturated rings. The molecule has 1 aromatic heterocycles. The van der Waals surface area contributed by atoms with Crippen LogP contribution in [0.4, 0.5) is 5.69 Å². The summed E-state index contributed by atoms with van der Waals surface area (Å²) in [7, 11) is 0. The second-order valence-electron chi connectivity index (χ2n) is 7.68. The van der Waals surface area contributed by atoms with Crippen LogP contribution < -0.4 is 11.1 Å². The van der Waals surface area contributed by atoms with Gasteiger partial charge in [0.05, 0.1) is 29.3 Å². The highest BCUT2D eigenvalue weighted by Gasteiger charge is 2.28. The van der Waals surface area contributed by atoms with Crippen LogP contribution in [0.1, 0.15) is 72.9 Å². The van der Waals surface area contributed by atoms with Gasteiger partial charge in [0.2, 0.25) is 5.91 Å². The van der Waals surface area contributed by atoms with E-state index in [1.54, 1.807) is 12.1 Å². The number of imidazole rings is 1. The Morgan fingerprint density at radius 3 is 2.85 bits per heavy atom. The number of carbonyl (C=O) groups is 2. The SMILES string of the molecule is NC(=O)c1ccc2c(c1)NC(CCC=O)c1cnc(CC3CCCCC3)n1-2. The van der Waals surface area contributed by atoms with E-state index in [0.717, 1.165) is 35.6 Å². The normalized spacial score (nSPS) is 19.0. The number of hydrogen-bond donors (Lipinski definition) is 2. The molecule has 1 aliphatic heterocycles. The number of carbonyl (C=O) groups excluding carboxylic acids is 2. The number of fused-ring (bicyclic) bond motifs is 3. The summed E-state index contributed by atoms with van der Waals surface area (Å²) in [6.07, 6.45) is 11.5. The molecule has 1 aliphatic carbocycles. The van der Waals surface area contributed by atoms with Gasteiger partial charge in [0.15, 0.2) is 0 Å². The van der Waals surface area contributed by atoms with Crippen molar-refractivity contribution in [2.75, 3.05) is 5.32 Å². The van der Waals surface area contributed by atoms with Gasteiger partial charge >= 0.3 is 0 Å². The molecular weight excluding hydrogens is 340 g/mol. The molecule has 0 radical (unpaired) electrons. The molecule has 2 aliphatic rings. The molecule has 2 aromatic rings. The number of rotatable bonds is 6. The predicted molar refractivity (Wildman–Crippen MR) is 104 cm³/mol. The Bertz CT molecular complexity index is 852. The zero-order chi connectivity index (χ0) is 18.8. The van der Waals surface area contributed by atoms with E-state index in [0.29, 0.717) is 24.3 Å². The summed E-state index contributed by atoms with van der Waals surface area (Å²) in [4.78, 5) is 27.2. The molecule has 2 heterocycles. The van der Waals surface area contributed by atoms with E-state index in [2.05, 4.69) is 9.88 Å². The molecule has 1 atom stereocenters. The fourth-order valence-corrected chi connectivity index (χ4v) is 4.44. The van der Waals surface area contributed by atoms with Crippen molar-refractivity contribution in [1.29, 1.82) is 0 Å². The lowest BCUT2D eigenvalue weighted by molar-refractivity contribution is -0.108. The first-order chi connectivity index (χ1) is 13.2. The van der Waals surface area contributed by atoms with Crippen LogP contribution in [0, 0.1) is 5.92 Å². The summed E-state index contributed by atoms with van der Waals surface area (Å²) in [5, 5.41) is 3.47. The Balaban J connectivity index is 1.73. The second-order valence-corrected chi connectivity index (χ2v) is 7.68. The molecule has 1 unspecified atom stereocenters. The van der Waals surface area contributed by atoms with E-state index in [9.17, 15) is 9.59 Å². The zero-order valence-corrected chi connectivity index (χ0v) is 15.5. The van der Waals surface area contributed by atoms with Crippen molar-refractivity contribution >= 4 is 17.9 Å². The van der Waals surface area contributed by atoms with Gasteiger partial charge in [-0.15, -0.1) is 0 Å². The van der Waals surface area contributed by atoms with Crippen molar-refractivity contribution in [2.24, 2.45) is 11.7 Å². The van der Waals surface area contributed by atoms with E-state index < -0.39 is 5.91 Å². The van der Waals surface area contributed by atoms with E-state index in [-0.39, 0.29) is 6.04 Å². The van der Waals surface area contributed by atoms with E-state index >= 15 is 0 Å². The summed E-state index contributed by atoms with van der Waals surface area (Å²) in [5.74, 6) is 1.31. The average molecular weight is 366 g/mol. The third-order valence-corrected chi connectivity index (χ3v) is 5.84. The van der Waals surface area contributed by atoms with Crippen molar-refractivity contribution in [3.63, 3.8) is 0 Å². The van der Waals surface area contributed by atoms with Gasteiger partial charge in [0.1, 0.15) is 12.1 Å². The average Bonchev–Trinajstić information content (AvgIpc) is 3.10. The molecule has 1 saturated carbocycles. The fraction of sp³-hybridized carbons (Fsp3) is 0.476. The minimum absolute atomic E-state index is 0.00145. The zero-order valence-electron chi connectivity index (χ0n) is 15.5. The van der Waals surface area contributed by atoms with Gasteiger partial charge in [-0.25, -0.2) is 4.98 Å². The maximum absolute atomic E-state index is 11.6. The molecule has 27 heavy (non-hydrogen) atoms. The Labute approximate surface area is 159 Å². The third kappa shape index (κ3) is 3.48. The van der Waals surface area contributed by atoms with E-state index in [1.165, 1.54) is 32.1 Å². The van der Waals surface area contributed by atoms with Crippen molar-refractivity contribution in [3.05, 3.63) is 41.5 Å². The van der Waals surface area contributed by atoms with Crippen LogP contribution in [0.25, 0.3) is 5.69 Å². The highest BCUT2D eigenvalue weighted by molar-refractivity contribution is 5.94. The van der Waals surface area contributed by atoms with Crippen LogP contribution in [-0.2, 0) is 11.2 Å². The Hall–Kier alpha value is -2.63. The number of benzene rings is 1. The largest absolute Gasteiger partial charge is 0.375 e. The van der Waals surface area contributed by atoms with Gasteiger partial charge in [0, 0.05) is 18.4 Å². The molecule has 0 bridgehead atoms. The monoisotopic (exact) mass is 366 g/mol. The topological polar surface area (TPSA) is 90.0 Å². The predicted octanol–water partition coefficient (Wildman–Crippen LogP) is 3.54. The number of aromatic nitrogens is 2. The van der Waals surface area contributed by atoms with E-state index in [1.807, 2.05) is 12.3 Å². The van der Waals surface area contributed by atoms with Crippen molar-refractivity contribution < 1.29 is 9.59 Å². The lowest BCUT2D eigenvalue weighted by Crippen LogP contribution is -2.24. The minimum atomic E-state index is -0.442. The van der Waals surface area contributed by atoms with Crippen LogP contribution in [0.3, 0.4) is 0 Å². The Morgan fingerprint density at radius 2 is 2.11 bits per heavy atom. The summed E-state index contributed by atoms with van der Waals surface area (Å²) < 4.78 is 2.22. The minimum Gasteiger partial charge on any atom is -0.375 e. The first-order valence-corrected chi connectivity index (χ1v) is 9.88.